The first-order valence-electron chi connectivity index (χ1n) is 15.9. The van der Waals surface area contributed by atoms with Crippen LogP contribution in [0.1, 0.15) is 142 Å². The molecule has 0 saturated carbocycles. The minimum absolute atomic E-state index is 0. The summed E-state index contributed by atoms with van der Waals surface area (Å²) >= 11 is 0. The van der Waals surface area contributed by atoms with Gasteiger partial charge in [0.05, 0.1) is 0 Å². The third kappa shape index (κ3) is 48.7. The van der Waals surface area contributed by atoms with Crippen molar-refractivity contribution in [1.82, 2.24) is 0 Å². The van der Waals surface area contributed by atoms with Crippen molar-refractivity contribution in [3.05, 3.63) is 72.9 Å². The van der Waals surface area contributed by atoms with Gasteiger partial charge in [-0.15, -0.1) is 0 Å². The summed E-state index contributed by atoms with van der Waals surface area (Å²) in [5.74, 6) is -1.85. The van der Waals surface area contributed by atoms with Gasteiger partial charge >= 0.3 is 37.7 Å². The first-order valence-corrected chi connectivity index (χ1v) is 15.9. The van der Waals surface area contributed by atoms with E-state index in [4.69, 9.17) is 0 Å². The first kappa shape index (κ1) is 44.1. The summed E-state index contributed by atoms with van der Waals surface area (Å²) in [6.45, 7) is 4.41. The summed E-state index contributed by atoms with van der Waals surface area (Å²) in [5, 5.41) is 20.4. The molecule has 41 heavy (non-hydrogen) atoms. The number of rotatable bonds is 26. The molecule has 0 N–H and O–H groups in total. The molecule has 0 aliphatic carbocycles. The fourth-order valence-corrected chi connectivity index (χ4v) is 3.72. The molecule has 0 bridgehead atoms. The van der Waals surface area contributed by atoms with E-state index in [9.17, 15) is 19.8 Å². The van der Waals surface area contributed by atoms with E-state index in [1.165, 1.54) is 64.2 Å². The molecule has 0 heterocycles. The van der Waals surface area contributed by atoms with E-state index in [0.29, 0.717) is 0 Å². The van der Waals surface area contributed by atoms with E-state index in [-0.39, 0.29) is 50.6 Å². The molecule has 0 amide bonds. The first-order chi connectivity index (χ1) is 19.5. The van der Waals surface area contributed by atoms with Crippen LogP contribution >= 0.6 is 0 Å². The van der Waals surface area contributed by atoms with Gasteiger partial charge in [0.1, 0.15) is 0 Å². The molecule has 0 unspecified atom stereocenters. The Balaban J connectivity index is -0.000000688. The minimum atomic E-state index is -0.927. The number of carbonyl (C=O) groups is 2. The van der Waals surface area contributed by atoms with Crippen molar-refractivity contribution < 1.29 is 19.8 Å². The average Bonchev–Trinajstić information content (AvgIpc) is 2.93. The van der Waals surface area contributed by atoms with Gasteiger partial charge in [-0.3, -0.25) is 0 Å². The molecule has 0 aromatic rings. The van der Waals surface area contributed by atoms with Crippen molar-refractivity contribution in [2.45, 2.75) is 142 Å². The third-order valence-electron chi connectivity index (χ3n) is 6.16. The monoisotopic (exact) mass is 594 g/mol. The van der Waals surface area contributed by atoms with Crippen LogP contribution in [0.15, 0.2) is 72.9 Å². The van der Waals surface area contributed by atoms with Crippen molar-refractivity contribution >= 4 is 49.7 Å². The van der Waals surface area contributed by atoms with Crippen LogP contribution in [0, 0.1) is 0 Å². The van der Waals surface area contributed by atoms with Crippen LogP contribution in [0.25, 0.3) is 0 Å². The maximum atomic E-state index is 10.2. The summed E-state index contributed by atoms with van der Waals surface area (Å²) < 4.78 is 0. The van der Waals surface area contributed by atoms with Gasteiger partial charge in [-0.05, 0) is 64.2 Å². The molecule has 0 radical (unpaired) electrons. The van der Waals surface area contributed by atoms with E-state index >= 15 is 0 Å². The van der Waals surface area contributed by atoms with Crippen LogP contribution in [0.3, 0.4) is 0 Å². The van der Waals surface area contributed by atoms with Gasteiger partial charge in [0.15, 0.2) is 0 Å². The summed E-state index contributed by atoms with van der Waals surface area (Å²) in [7, 11) is 0. The van der Waals surface area contributed by atoms with E-state index in [1.807, 2.05) is 0 Å². The number of carboxylic acids is 2. The van der Waals surface area contributed by atoms with Gasteiger partial charge < -0.3 is 19.8 Å². The molecule has 0 aromatic carbocycles. The zero-order chi connectivity index (χ0) is 29.8. The molecule has 0 spiro atoms. The number of unbranched alkanes of at least 4 members (excludes halogenated alkanes) is 14. The molecule has 0 aliphatic rings. The smallest absolute Gasteiger partial charge is 0.550 e. The Hall–Kier alpha value is -1.36. The SMILES string of the molecule is CCCC/C=C/C=C/C=C/CCCCCCCC(=O)[O-].CCCC/C=C/C=C/C=C/CCCCCCCC(=O)[O-].[Ca+2]. The largest absolute Gasteiger partial charge is 2.00 e. The van der Waals surface area contributed by atoms with Gasteiger partial charge in [-0.1, -0.05) is 151 Å². The topological polar surface area (TPSA) is 80.3 Å². The predicted molar refractivity (Wildman–Crippen MR) is 174 cm³/mol. The van der Waals surface area contributed by atoms with E-state index in [1.54, 1.807) is 0 Å². The molecule has 0 atom stereocenters. The van der Waals surface area contributed by atoms with Crippen LogP contribution in [0.2, 0.25) is 0 Å². The van der Waals surface area contributed by atoms with Gasteiger partial charge in [0.25, 0.3) is 0 Å². The molecule has 0 fully saturated rings. The van der Waals surface area contributed by atoms with Crippen LogP contribution in [-0.4, -0.2) is 49.7 Å². The fraction of sp³-hybridized carbons (Fsp3) is 0.611. The second-order valence-corrected chi connectivity index (χ2v) is 10.1. The molecule has 5 heteroatoms. The Morgan fingerprint density at radius 3 is 0.976 bits per heavy atom. The van der Waals surface area contributed by atoms with Crippen molar-refractivity contribution in [2.75, 3.05) is 0 Å². The second-order valence-electron chi connectivity index (χ2n) is 10.1. The summed E-state index contributed by atoms with van der Waals surface area (Å²) in [4.78, 5) is 20.4. The molecule has 0 saturated heterocycles. The van der Waals surface area contributed by atoms with Gasteiger partial charge in [-0.2, -0.15) is 0 Å². The molecule has 4 nitrogen and oxygen atoms in total. The van der Waals surface area contributed by atoms with Crippen molar-refractivity contribution in [1.29, 1.82) is 0 Å². The van der Waals surface area contributed by atoms with E-state index in [2.05, 4.69) is 86.8 Å². The number of hydrogen-bond donors (Lipinski definition) is 0. The van der Waals surface area contributed by atoms with Crippen LogP contribution in [-0.2, 0) is 9.59 Å². The number of carboxylic acid groups (broad SMARTS) is 2. The summed E-state index contributed by atoms with van der Waals surface area (Å²) in [6, 6.07) is 0. The summed E-state index contributed by atoms with van der Waals surface area (Å²) in [6.07, 6.45) is 46.0. The van der Waals surface area contributed by atoms with Crippen LogP contribution in [0.4, 0.5) is 0 Å². The molecule has 0 rings (SSSR count). The maximum Gasteiger partial charge on any atom is 2.00 e. The minimum Gasteiger partial charge on any atom is -0.550 e. The van der Waals surface area contributed by atoms with E-state index in [0.717, 1.165) is 51.4 Å². The normalized spacial score (nSPS) is 11.8. The number of hydrogen-bond acceptors (Lipinski definition) is 4. The number of aliphatic carboxylic acids is 2. The Morgan fingerprint density at radius 1 is 0.415 bits per heavy atom. The van der Waals surface area contributed by atoms with Gasteiger partial charge in [-0.25, -0.2) is 0 Å². The zero-order valence-corrected chi connectivity index (χ0v) is 28.6. The molecular formula is C36H58CaO4. The Kier molecular flexibility index (Phi) is 43.8. The van der Waals surface area contributed by atoms with Gasteiger partial charge in [0, 0.05) is 11.9 Å². The molecule has 228 valence electrons. The summed E-state index contributed by atoms with van der Waals surface area (Å²) in [5.41, 5.74) is 0. The van der Waals surface area contributed by atoms with Crippen molar-refractivity contribution in [2.24, 2.45) is 0 Å². The fourth-order valence-electron chi connectivity index (χ4n) is 3.72. The number of carbonyl (C=O) groups excluding carboxylic acids is 2. The number of allylic oxidation sites excluding steroid dienone is 12. The van der Waals surface area contributed by atoms with Crippen molar-refractivity contribution in [3.8, 4) is 0 Å². The van der Waals surface area contributed by atoms with Gasteiger partial charge in [0.2, 0.25) is 0 Å². The maximum absolute atomic E-state index is 10.2. The quantitative estimate of drug-likeness (QED) is 0.0573. The predicted octanol–water partition coefficient (Wildman–Crippen LogP) is 8.27. The van der Waals surface area contributed by atoms with Crippen LogP contribution in [0.5, 0.6) is 0 Å². The van der Waals surface area contributed by atoms with Crippen molar-refractivity contribution in [3.63, 3.8) is 0 Å². The third-order valence-corrected chi connectivity index (χ3v) is 6.16. The molecular weight excluding hydrogens is 536 g/mol. The molecule has 0 aliphatic heterocycles. The zero-order valence-electron chi connectivity index (χ0n) is 26.4. The Morgan fingerprint density at radius 2 is 0.683 bits per heavy atom. The standard InChI is InChI=1S/2C18H30O2.Ca/c2*1-2-3-4-5-6-7-8-9-10-11-12-13-14-15-16-17-18(19)20;/h2*5-10H,2-4,11-17H2,1H3,(H,19,20);/q;;+2/p-2/b2*6-5+,8-7+,10-9+;. The van der Waals surface area contributed by atoms with Crippen LogP contribution < -0.4 is 10.2 Å². The Bertz CT molecular complexity index is 670. The average molecular weight is 595 g/mol. The second kappa shape index (κ2) is 40.8. The molecule has 0 aromatic heterocycles. The Labute approximate surface area is 282 Å². The van der Waals surface area contributed by atoms with E-state index < -0.39 is 11.9 Å².